The fourth-order valence-corrected chi connectivity index (χ4v) is 2.70. The predicted octanol–water partition coefficient (Wildman–Crippen LogP) is 5.49. The molecule has 0 aliphatic heterocycles. The van der Waals surface area contributed by atoms with Crippen LogP contribution >= 0.6 is 23.2 Å². The Morgan fingerprint density at radius 1 is 1.26 bits per heavy atom. The summed E-state index contributed by atoms with van der Waals surface area (Å²) in [5, 5.41) is 1.57. The van der Waals surface area contributed by atoms with E-state index < -0.39 is 0 Å². The highest BCUT2D eigenvalue weighted by Crippen LogP contribution is 2.37. The zero-order chi connectivity index (χ0) is 13.9. The summed E-state index contributed by atoms with van der Waals surface area (Å²) in [6.07, 6.45) is 6.91. The maximum absolute atomic E-state index is 6.27. The van der Waals surface area contributed by atoms with Crippen molar-refractivity contribution in [3.05, 3.63) is 57.6 Å². The lowest BCUT2D eigenvalue weighted by Crippen LogP contribution is -2.20. The highest BCUT2D eigenvalue weighted by molar-refractivity contribution is 6.31. The first-order chi connectivity index (χ1) is 9.05. The van der Waals surface area contributed by atoms with E-state index in [1.54, 1.807) is 0 Å². The lowest BCUT2D eigenvalue weighted by Gasteiger charge is -2.28. The Kier molecular flexibility index (Phi) is 4.49. The minimum atomic E-state index is -0.356. The van der Waals surface area contributed by atoms with Crippen LogP contribution in [-0.4, -0.2) is 6.72 Å². The van der Waals surface area contributed by atoms with Crippen LogP contribution in [0.3, 0.4) is 0 Å². The van der Waals surface area contributed by atoms with Crippen molar-refractivity contribution in [2.45, 2.75) is 31.7 Å². The Hall–Kier alpha value is -1.05. The first kappa shape index (κ1) is 14.4. The van der Waals surface area contributed by atoms with E-state index >= 15 is 0 Å². The van der Waals surface area contributed by atoms with Crippen molar-refractivity contribution in [1.82, 2.24) is 0 Å². The third kappa shape index (κ3) is 3.29. The number of hydrogen-bond acceptors (Lipinski definition) is 1. The van der Waals surface area contributed by atoms with Gasteiger partial charge in [0.1, 0.15) is 0 Å². The van der Waals surface area contributed by atoms with Crippen LogP contribution in [-0.2, 0) is 5.54 Å². The quantitative estimate of drug-likeness (QED) is 0.651. The van der Waals surface area contributed by atoms with E-state index in [2.05, 4.69) is 24.7 Å². The second-order valence-corrected chi connectivity index (χ2v) is 5.85. The summed E-state index contributed by atoms with van der Waals surface area (Å²) in [4.78, 5) is 4.34. The summed E-state index contributed by atoms with van der Waals surface area (Å²) in [5.74, 6) is 0. The summed E-state index contributed by atoms with van der Waals surface area (Å²) in [5.41, 5.74) is 2.00. The van der Waals surface area contributed by atoms with Crippen molar-refractivity contribution in [2.24, 2.45) is 4.99 Å². The normalized spacial score (nSPS) is 18.3. The molecule has 0 saturated heterocycles. The van der Waals surface area contributed by atoms with Crippen LogP contribution < -0.4 is 0 Å². The molecule has 0 saturated carbocycles. The number of halogens is 2. The van der Waals surface area contributed by atoms with Gasteiger partial charge in [-0.3, -0.25) is 4.99 Å². The fraction of sp³-hybridized carbons (Fsp3) is 0.312. The van der Waals surface area contributed by atoms with Crippen molar-refractivity contribution in [1.29, 1.82) is 0 Å². The minimum absolute atomic E-state index is 0.356. The zero-order valence-corrected chi connectivity index (χ0v) is 12.5. The molecule has 0 bridgehead atoms. The third-order valence-electron chi connectivity index (χ3n) is 3.59. The molecule has 0 radical (unpaired) electrons. The molecule has 19 heavy (non-hydrogen) atoms. The minimum Gasteiger partial charge on any atom is -0.289 e. The summed E-state index contributed by atoms with van der Waals surface area (Å²) >= 11 is 12.2. The number of allylic oxidation sites excluding steroid dienone is 3. The summed E-state index contributed by atoms with van der Waals surface area (Å²) in [7, 11) is 0. The van der Waals surface area contributed by atoms with Crippen molar-refractivity contribution in [3.8, 4) is 0 Å². The number of rotatable bonds is 4. The van der Waals surface area contributed by atoms with Crippen molar-refractivity contribution >= 4 is 29.9 Å². The van der Waals surface area contributed by atoms with Gasteiger partial charge in [-0.25, -0.2) is 0 Å². The third-order valence-corrected chi connectivity index (χ3v) is 4.23. The second kappa shape index (κ2) is 5.94. The standard InChI is InChI=1S/C16H17Cl2N/c1-16(19-2,13-7-9-14(17)10-8-13)11-12-5-3-4-6-15(12)18/h4,6-10H,2-3,5,11H2,1H3/t16-/m1/s1. The molecule has 0 N–H and O–H groups in total. The van der Waals surface area contributed by atoms with Crippen LogP contribution in [0.1, 0.15) is 31.7 Å². The molecule has 1 aromatic carbocycles. The van der Waals surface area contributed by atoms with Crippen LogP contribution in [0.4, 0.5) is 0 Å². The molecule has 100 valence electrons. The molecule has 3 heteroatoms. The molecule has 0 spiro atoms. The first-order valence-corrected chi connectivity index (χ1v) is 7.09. The van der Waals surface area contributed by atoms with Gasteiger partial charge in [-0.15, -0.1) is 0 Å². The summed E-state index contributed by atoms with van der Waals surface area (Å²) in [6.45, 7) is 5.84. The second-order valence-electron chi connectivity index (χ2n) is 5.01. The molecular formula is C16H17Cl2N. The molecule has 0 amide bonds. The molecule has 1 aliphatic rings. The Bertz CT molecular complexity index is 528. The van der Waals surface area contributed by atoms with Crippen molar-refractivity contribution in [3.63, 3.8) is 0 Å². The van der Waals surface area contributed by atoms with Crippen molar-refractivity contribution in [2.75, 3.05) is 0 Å². The molecular weight excluding hydrogens is 277 g/mol. The van der Waals surface area contributed by atoms with Gasteiger partial charge in [0.05, 0.1) is 5.54 Å². The Morgan fingerprint density at radius 3 is 2.53 bits per heavy atom. The Morgan fingerprint density at radius 2 is 1.95 bits per heavy atom. The molecule has 0 aromatic heterocycles. The van der Waals surface area contributed by atoms with E-state index in [-0.39, 0.29) is 5.54 Å². The Labute approximate surface area is 124 Å². The smallest absolute Gasteiger partial charge is 0.0858 e. The lowest BCUT2D eigenvalue weighted by atomic mass is 9.84. The molecule has 0 heterocycles. The van der Waals surface area contributed by atoms with Gasteiger partial charge >= 0.3 is 0 Å². The largest absolute Gasteiger partial charge is 0.289 e. The van der Waals surface area contributed by atoms with Crippen molar-refractivity contribution < 1.29 is 0 Å². The number of hydrogen-bond donors (Lipinski definition) is 0. The van der Waals surface area contributed by atoms with Gasteiger partial charge in [-0.2, -0.15) is 0 Å². The highest BCUT2D eigenvalue weighted by atomic mass is 35.5. The van der Waals surface area contributed by atoms with Gasteiger partial charge in [0.15, 0.2) is 0 Å². The van der Waals surface area contributed by atoms with E-state index in [1.807, 2.05) is 30.3 Å². The lowest BCUT2D eigenvalue weighted by molar-refractivity contribution is 0.488. The fourth-order valence-electron chi connectivity index (χ4n) is 2.33. The number of benzene rings is 1. The molecule has 2 rings (SSSR count). The van der Waals surface area contributed by atoms with Gasteiger partial charge in [-0.1, -0.05) is 41.4 Å². The topological polar surface area (TPSA) is 12.4 Å². The van der Waals surface area contributed by atoms with E-state index in [0.29, 0.717) is 0 Å². The van der Waals surface area contributed by atoms with Gasteiger partial charge in [0.2, 0.25) is 0 Å². The zero-order valence-electron chi connectivity index (χ0n) is 11.0. The molecule has 1 atom stereocenters. The molecule has 0 fully saturated rings. The molecule has 1 nitrogen and oxygen atoms in total. The van der Waals surface area contributed by atoms with Crippen LogP contribution in [0.2, 0.25) is 5.02 Å². The Balaban J connectivity index is 2.30. The van der Waals surface area contributed by atoms with E-state index in [4.69, 9.17) is 23.2 Å². The van der Waals surface area contributed by atoms with Crippen LogP contribution in [0.5, 0.6) is 0 Å². The first-order valence-electron chi connectivity index (χ1n) is 6.33. The van der Waals surface area contributed by atoms with E-state index in [1.165, 1.54) is 5.57 Å². The molecule has 0 unspecified atom stereocenters. The van der Waals surface area contributed by atoms with Crippen LogP contribution in [0.15, 0.2) is 52.0 Å². The predicted molar refractivity (Wildman–Crippen MR) is 84.2 cm³/mol. The van der Waals surface area contributed by atoms with Gasteiger partial charge in [0.25, 0.3) is 0 Å². The van der Waals surface area contributed by atoms with Gasteiger partial charge < -0.3 is 0 Å². The van der Waals surface area contributed by atoms with Gasteiger partial charge in [0, 0.05) is 10.1 Å². The SMILES string of the molecule is C=N[C@](C)(CC1=C(Cl)C=CCC1)c1ccc(Cl)cc1. The summed E-state index contributed by atoms with van der Waals surface area (Å²) in [6, 6.07) is 7.78. The van der Waals surface area contributed by atoms with Crippen LogP contribution in [0, 0.1) is 0 Å². The maximum Gasteiger partial charge on any atom is 0.0858 e. The molecule has 1 aliphatic carbocycles. The average molecular weight is 294 g/mol. The number of aliphatic imine (C=N–C) groups is 1. The van der Waals surface area contributed by atoms with E-state index in [9.17, 15) is 0 Å². The maximum atomic E-state index is 6.27. The average Bonchev–Trinajstić information content (AvgIpc) is 2.42. The molecule has 1 aromatic rings. The number of nitrogens with zero attached hydrogens (tertiary/aromatic N) is 1. The van der Waals surface area contributed by atoms with Gasteiger partial charge in [-0.05, 0) is 62.2 Å². The monoisotopic (exact) mass is 293 g/mol. The van der Waals surface area contributed by atoms with E-state index in [0.717, 1.165) is 34.9 Å². The highest BCUT2D eigenvalue weighted by Gasteiger charge is 2.27. The van der Waals surface area contributed by atoms with Crippen LogP contribution in [0.25, 0.3) is 0 Å². The summed E-state index contributed by atoms with van der Waals surface area (Å²) < 4.78 is 0.